The van der Waals surface area contributed by atoms with Gasteiger partial charge < -0.3 is 4.74 Å². The summed E-state index contributed by atoms with van der Waals surface area (Å²) in [6.07, 6.45) is 0.699. The fourth-order valence-corrected chi connectivity index (χ4v) is 2.49. The largest absolute Gasteiger partial charge is 0.492 e. The van der Waals surface area contributed by atoms with Crippen LogP contribution in [0.1, 0.15) is 27.9 Å². The highest BCUT2D eigenvalue weighted by molar-refractivity contribution is 7.09. The lowest BCUT2D eigenvalue weighted by Crippen LogP contribution is -2.05. The van der Waals surface area contributed by atoms with E-state index in [2.05, 4.69) is 4.98 Å². The summed E-state index contributed by atoms with van der Waals surface area (Å²) in [5, 5.41) is 0. The molecule has 0 fully saturated rings. The summed E-state index contributed by atoms with van der Waals surface area (Å²) in [5.41, 5.74) is 3.18. The molecule has 2 aromatic rings. The minimum absolute atomic E-state index is 0.135. The number of ketones is 1. The number of aryl methyl sites for hydroxylation is 1. The minimum atomic E-state index is -0.408. The molecule has 0 atom stereocenters. The summed E-state index contributed by atoms with van der Waals surface area (Å²) >= 11 is 1.57. The number of halogens is 1. The van der Waals surface area contributed by atoms with Crippen LogP contribution >= 0.6 is 11.3 Å². The molecule has 1 aromatic heterocycles. The van der Waals surface area contributed by atoms with E-state index in [-0.39, 0.29) is 5.78 Å². The summed E-state index contributed by atoms with van der Waals surface area (Å²) < 4.78 is 18.7. The number of carbonyl (C=O) groups excluding carboxylic acids is 1. The van der Waals surface area contributed by atoms with E-state index in [1.807, 2.05) is 6.92 Å². The van der Waals surface area contributed by atoms with Crippen molar-refractivity contribution < 1.29 is 13.9 Å². The first-order valence-electron chi connectivity index (χ1n) is 5.90. The maximum Gasteiger partial charge on any atom is 0.163 e. The number of hydrogen-bond acceptors (Lipinski definition) is 4. The topological polar surface area (TPSA) is 39.2 Å². The molecule has 3 nitrogen and oxygen atoms in total. The van der Waals surface area contributed by atoms with Crippen LogP contribution in [0.4, 0.5) is 4.39 Å². The summed E-state index contributed by atoms with van der Waals surface area (Å²) in [5.74, 6) is -0.243. The average molecular weight is 279 g/mol. The van der Waals surface area contributed by atoms with Crippen molar-refractivity contribution in [1.29, 1.82) is 0 Å². The van der Waals surface area contributed by atoms with Crippen molar-refractivity contribution in [2.45, 2.75) is 20.3 Å². The monoisotopic (exact) mass is 279 g/mol. The molecular weight excluding hydrogens is 265 g/mol. The molecule has 2 rings (SSSR count). The normalized spacial score (nSPS) is 10.5. The molecule has 0 amide bonds. The van der Waals surface area contributed by atoms with Crippen molar-refractivity contribution in [2.75, 3.05) is 6.61 Å². The Morgan fingerprint density at radius 2 is 2.26 bits per heavy atom. The van der Waals surface area contributed by atoms with E-state index >= 15 is 0 Å². The molecule has 0 N–H and O–H groups in total. The molecule has 19 heavy (non-hydrogen) atoms. The maximum atomic E-state index is 13.2. The first kappa shape index (κ1) is 13.7. The molecule has 0 spiro atoms. The number of nitrogens with zero attached hydrogens (tertiary/aromatic N) is 1. The highest BCUT2D eigenvalue weighted by atomic mass is 32.1. The van der Waals surface area contributed by atoms with Gasteiger partial charge in [0.05, 0.1) is 23.4 Å². The van der Waals surface area contributed by atoms with Crippen LogP contribution in [0.15, 0.2) is 23.7 Å². The number of Topliss-reactive ketones (excluding diaryl/α,β-unsaturated/α-hetero) is 1. The second kappa shape index (κ2) is 5.93. The Morgan fingerprint density at radius 3 is 2.89 bits per heavy atom. The van der Waals surface area contributed by atoms with E-state index < -0.39 is 5.82 Å². The second-order valence-electron chi connectivity index (χ2n) is 4.16. The van der Waals surface area contributed by atoms with Gasteiger partial charge in [-0.1, -0.05) is 0 Å². The SMILES string of the molecule is CC(=O)c1ccc(F)cc1OCCc1scnc1C. The van der Waals surface area contributed by atoms with Gasteiger partial charge in [0, 0.05) is 17.4 Å². The van der Waals surface area contributed by atoms with E-state index in [9.17, 15) is 9.18 Å². The van der Waals surface area contributed by atoms with Crippen molar-refractivity contribution in [3.05, 3.63) is 45.7 Å². The number of rotatable bonds is 5. The summed E-state index contributed by atoms with van der Waals surface area (Å²) in [6, 6.07) is 3.96. The number of thiazole rings is 1. The molecule has 0 bridgehead atoms. The van der Waals surface area contributed by atoms with E-state index in [4.69, 9.17) is 4.74 Å². The van der Waals surface area contributed by atoms with Gasteiger partial charge >= 0.3 is 0 Å². The van der Waals surface area contributed by atoms with Gasteiger partial charge in [-0.15, -0.1) is 11.3 Å². The molecular formula is C14H14FNO2S. The Kier molecular flexibility index (Phi) is 4.27. The van der Waals surface area contributed by atoms with Crippen molar-refractivity contribution in [2.24, 2.45) is 0 Å². The van der Waals surface area contributed by atoms with Crippen molar-refractivity contribution >= 4 is 17.1 Å². The third-order valence-electron chi connectivity index (χ3n) is 2.75. The highest BCUT2D eigenvalue weighted by Gasteiger charge is 2.10. The number of benzene rings is 1. The van der Waals surface area contributed by atoms with Crippen LogP contribution in [0.5, 0.6) is 5.75 Å². The zero-order valence-electron chi connectivity index (χ0n) is 10.8. The van der Waals surface area contributed by atoms with E-state index in [0.717, 1.165) is 10.6 Å². The van der Waals surface area contributed by atoms with Crippen molar-refractivity contribution in [1.82, 2.24) is 4.98 Å². The number of ether oxygens (including phenoxy) is 1. The van der Waals surface area contributed by atoms with Gasteiger partial charge in [0.25, 0.3) is 0 Å². The van der Waals surface area contributed by atoms with Crippen molar-refractivity contribution in [3.8, 4) is 5.75 Å². The molecule has 0 aliphatic carbocycles. The van der Waals surface area contributed by atoms with Crippen molar-refractivity contribution in [3.63, 3.8) is 0 Å². The van der Waals surface area contributed by atoms with Gasteiger partial charge in [-0.2, -0.15) is 0 Å². The highest BCUT2D eigenvalue weighted by Crippen LogP contribution is 2.21. The number of carbonyl (C=O) groups is 1. The minimum Gasteiger partial charge on any atom is -0.492 e. The van der Waals surface area contributed by atoms with E-state index in [1.165, 1.54) is 25.1 Å². The molecule has 0 saturated carbocycles. The van der Waals surface area contributed by atoms with Crippen LogP contribution in [0, 0.1) is 12.7 Å². The predicted octanol–water partition coefficient (Wildman–Crippen LogP) is 3.41. The standard InChI is InChI=1S/C14H14FNO2S/c1-9-14(19-8-16-9)5-6-18-13-7-11(15)3-4-12(13)10(2)17/h3-4,7-8H,5-6H2,1-2H3. The zero-order chi connectivity index (χ0) is 13.8. The first-order valence-corrected chi connectivity index (χ1v) is 6.78. The van der Waals surface area contributed by atoms with Gasteiger partial charge in [0.1, 0.15) is 11.6 Å². The Morgan fingerprint density at radius 1 is 1.47 bits per heavy atom. The Balaban J connectivity index is 2.05. The summed E-state index contributed by atoms with van der Waals surface area (Å²) in [7, 11) is 0. The molecule has 100 valence electrons. The van der Waals surface area contributed by atoms with Crippen LogP contribution < -0.4 is 4.74 Å². The molecule has 0 aliphatic heterocycles. The van der Waals surface area contributed by atoms with Crippen LogP contribution in [0.25, 0.3) is 0 Å². The van der Waals surface area contributed by atoms with E-state index in [1.54, 1.807) is 16.8 Å². The van der Waals surface area contributed by atoms with Gasteiger partial charge in [-0.3, -0.25) is 4.79 Å². The molecule has 1 aromatic carbocycles. The van der Waals surface area contributed by atoms with E-state index in [0.29, 0.717) is 24.3 Å². The third kappa shape index (κ3) is 3.38. The molecule has 0 aliphatic rings. The lowest BCUT2D eigenvalue weighted by atomic mass is 10.1. The summed E-state index contributed by atoms with van der Waals surface area (Å²) in [4.78, 5) is 16.7. The predicted molar refractivity (Wildman–Crippen MR) is 72.5 cm³/mol. The lowest BCUT2D eigenvalue weighted by molar-refractivity contribution is 0.101. The summed E-state index contributed by atoms with van der Waals surface area (Å²) in [6.45, 7) is 3.77. The Labute approximate surface area is 115 Å². The van der Waals surface area contributed by atoms with Gasteiger partial charge in [0.2, 0.25) is 0 Å². The molecule has 5 heteroatoms. The third-order valence-corrected chi connectivity index (χ3v) is 3.75. The smallest absolute Gasteiger partial charge is 0.163 e. The Bertz CT molecular complexity index is 595. The lowest BCUT2D eigenvalue weighted by Gasteiger charge is -2.09. The van der Waals surface area contributed by atoms with Crippen LogP contribution in [-0.2, 0) is 6.42 Å². The van der Waals surface area contributed by atoms with Gasteiger partial charge in [-0.25, -0.2) is 9.37 Å². The average Bonchev–Trinajstić information content (AvgIpc) is 2.75. The van der Waals surface area contributed by atoms with Crippen LogP contribution in [0.2, 0.25) is 0 Å². The first-order chi connectivity index (χ1) is 9.08. The van der Waals surface area contributed by atoms with Crippen LogP contribution in [-0.4, -0.2) is 17.4 Å². The van der Waals surface area contributed by atoms with Gasteiger partial charge in [0.15, 0.2) is 5.78 Å². The molecule has 1 heterocycles. The fraction of sp³-hybridized carbons (Fsp3) is 0.286. The fourth-order valence-electron chi connectivity index (χ4n) is 1.73. The van der Waals surface area contributed by atoms with Gasteiger partial charge in [-0.05, 0) is 26.0 Å². The van der Waals surface area contributed by atoms with Crippen LogP contribution in [0.3, 0.4) is 0 Å². The molecule has 0 radical (unpaired) electrons. The molecule has 0 saturated heterocycles. The number of aromatic nitrogens is 1. The Hall–Kier alpha value is -1.75. The number of hydrogen-bond donors (Lipinski definition) is 0. The molecule has 0 unspecified atom stereocenters. The maximum absolute atomic E-state index is 13.2. The second-order valence-corrected chi connectivity index (χ2v) is 5.10. The quantitative estimate of drug-likeness (QED) is 0.787. The zero-order valence-corrected chi connectivity index (χ0v) is 11.6.